The fourth-order valence-corrected chi connectivity index (χ4v) is 9.93. The average molecular weight is 672 g/mol. The van der Waals surface area contributed by atoms with E-state index in [1.54, 1.807) is 0 Å². The summed E-state index contributed by atoms with van der Waals surface area (Å²) in [6.07, 6.45) is 0. The van der Waals surface area contributed by atoms with Gasteiger partial charge in [-0.1, -0.05) is 127 Å². The number of aromatic nitrogens is 3. The minimum absolute atomic E-state index is 0.664. The molecule has 0 radical (unpaired) electrons. The van der Waals surface area contributed by atoms with Crippen molar-refractivity contribution in [2.75, 3.05) is 0 Å². The van der Waals surface area contributed by atoms with Crippen LogP contribution in [0.4, 0.5) is 0 Å². The van der Waals surface area contributed by atoms with E-state index >= 15 is 0 Å². The van der Waals surface area contributed by atoms with Crippen LogP contribution in [-0.2, 0) is 0 Å². The molecule has 50 heavy (non-hydrogen) atoms. The number of benzene rings is 8. The summed E-state index contributed by atoms with van der Waals surface area (Å²) in [6, 6.07) is 54.3. The largest absolute Gasteiger partial charge is 0.208 e. The molecule has 5 heteroatoms. The summed E-state index contributed by atoms with van der Waals surface area (Å²) in [6.45, 7) is 0. The predicted octanol–water partition coefficient (Wildman–Crippen LogP) is 13.1. The Morgan fingerprint density at radius 3 is 1.74 bits per heavy atom. The van der Waals surface area contributed by atoms with E-state index in [9.17, 15) is 0 Å². The maximum Gasteiger partial charge on any atom is 0.164 e. The Hall–Kier alpha value is -6.01. The van der Waals surface area contributed by atoms with Gasteiger partial charge in [0.25, 0.3) is 0 Å². The fraction of sp³-hybridized carbons (Fsp3) is 0. The van der Waals surface area contributed by atoms with Gasteiger partial charge in [0.05, 0.1) is 0 Å². The van der Waals surface area contributed by atoms with E-state index in [2.05, 4.69) is 152 Å². The summed E-state index contributed by atoms with van der Waals surface area (Å²) in [5, 5.41) is 12.3. The number of nitrogens with zero attached hydrogens (tertiary/aromatic N) is 3. The lowest BCUT2D eigenvalue weighted by atomic mass is 9.99. The zero-order chi connectivity index (χ0) is 32.8. The minimum atomic E-state index is 0.664. The summed E-state index contributed by atoms with van der Waals surface area (Å²) < 4.78 is 5.04. The molecule has 11 aromatic rings. The second-order valence-electron chi connectivity index (χ2n) is 12.8. The van der Waals surface area contributed by atoms with Crippen molar-refractivity contribution < 1.29 is 0 Å². The van der Waals surface area contributed by atoms with Gasteiger partial charge in [-0.25, -0.2) is 15.0 Å². The van der Waals surface area contributed by atoms with Crippen molar-refractivity contribution in [1.29, 1.82) is 0 Å². The van der Waals surface area contributed by atoms with Crippen LogP contribution >= 0.6 is 22.7 Å². The van der Waals surface area contributed by atoms with Crippen LogP contribution in [-0.4, -0.2) is 15.0 Å². The van der Waals surface area contributed by atoms with E-state index in [1.165, 1.54) is 67.3 Å². The molecule has 0 amide bonds. The first-order valence-corrected chi connectivity index (χ1v) is 18.3. The van der Waals surface area contributed by atoms with Crippen molar-refractivity contribution in [3.63, 3.8) is 0 Å². The second kappa shape index (κ2) is 10.7. The Kier molecular flexibility index (Phi) is 5.99. The van der Waals surface area contributed by atoms with E-state index in [1.807, 2.05) is 22.7 Å². The molecule has 3 heterocycles. The monoisotopic (exact) mass is 671 g/mol. The zero-order valence-electron chi connectivity index (χ0n) is 26.6. The molecule has 11 rings (SSSR count). The molecule has 3 nitrogen and oxygen atoms in total. The lowest BCUT2D eigenvalue weighted by molar-refractivity contribution is 1.08. The topological polar surface area (TPSA) is 38.7 Å². The van der Waals surface area contributed by atoms with Gasteiger partial charge < -0.3 is 0 Å². The van der Waals surface area contributed by atoms with Gasteiger partial charge in [0.15, 0.2) is 17.5 Å². The number of thiophene rings is 2. The van der Waals surface area contributed by atoms with E-state index in [0.717, 1.165) is 22.1 Å². The first kappa shape index (κ1) is 27.9. The Morgan fingerprint density at radius 2 is 0.900 bits per heavy atom. The van der Waals surface area contributed by atoms with Gasteiger partial charge in [0.1, 0.15) is 0 Å². The molecule has 0 saturated heterocycles. The van der Waals surface area contributed by atoms with Crippen molar-refractivity contribution in [3.05, 3.63) is 152 Å². The lowest BCUT2D eigenvalue weighted by Gasteiger charge is -2.12. The zero-order valence-corrected chi connectivity index (χ0v) is 28.2. The van der Waals surface area contributed by atoms with Crippen molar-refractivity contribution in [2.45, 2.75) is 0 Å². The third-order valence-electron chi connectivity index (χ3n) is 9.90. The van der Waals surface area contributed by atoms with Crippen LogP contribution in [0.3, 0.4) is 0 Å². The Balaban J connectivity index is 1.17. The van der Waals surface area contributed by atoms with Crippen molar-refractivity contribution in [2.24, 2.45) is 0 Å². The molecule has 0 aliphatic carbocycles. The molecular formula is C45H25N3S2. The van der Waals surface area contributed by atoms with Gasteiger partial charge in [0, 0.05) is 62.4 Å². The molecule has 0 bridgehead atoms. The highest BCUT2D eigenvalue weighted by Crippen LogP contribution is 2.42. The number of rotatable bonds is 3. The van der Waals surface area contributed by atoms with Crippen LogP contribution in [0.25, 0.3) is 107 Å². The highest BCUT2D eigenvalue weighted by atomic mass is 32.1. The third-order valence-corrected chi connectivity index (χ3v) is 12.2. The van der Waals surface area contributed by atoms with Gasteiger partial charge in [0.2, 0.25) is 0 Å². The molecule has 0 aliphatic rings. The Bertz CT molecular complexity index is 3170. The summed E-state index contributed by atoms with van der Waals surface area (Å²) in [4.78, 5) is 15.7. The molecule has 0 fully saturated rings. The van der Waals surface area contributed by atoms with Gasteiger partial charge in [-0.05, 0) is 51.2 Å². The van der Waals surface area contributed by atoms with Crippen LogP contribution in [0, 0.1) is 0 Å². The van der Waals surface area contributed by atoms with Gasteiger partial charge in [-0.2, -0.15) is 0 Å². The molecule has 0 spiro atoms. The molecule has 0 aliphatic heterocycles. The van der Waals surface area contributed by atoms with E-state index in [0.29, 0.717) is 17.5 Å². The molecule has 3 aromatic heterocycles. The number of hydrogen-bond donors (Lipinski definition) is 0. The van der Waals surface area contributed by atoms with Gasteiger partial charge in [-0.15, -0.1) is 22.7 Å². The van der Waals surface area contributed by atoms with Crippen LogP contribution in [0.2, 0.25) is 0 Å². The van der Waals surface area contributed by atoms with E-state index in [4.69, 9.17) is 15.0 Å². The minimum Gasteiger partial charge on any atom is -0.208 e. The average Bonchev–Trinajstić information content (AvgIpc) is 3.75. The van der Waals surface area contributed by atoms with Crippen molar-refractivity contribution in [3.8, 4) is 34.2 Å². The Labute approximate surface area is 294 Å². The summed E-state index contributed by atoms with van der Waals surface area (Å²) in [7, 11) is 0. The maximum atomic E-state index is 5.26. The first-order chi connectivity index (χ1) is 24.7. The first-order valence-electron chi connectivity index (χ1n) is 16.7. The SMILES string of the molecule is c1ccc2c(c1)ccc1cc(-c3nc(-c4ccc5c(c4)sc4ccccc45)nc(-c4cccc5ccc6c7ccccc7sc6c45)n3)ccc12. The summed E-state index contributed by atoms with van der Waals surface area (Å²) in [5.41, 5.74) is 2.96. The van der Waals surface area contributed by atoms with Gasteiger partial charge in [-0.3, -0.25) is 0 Å². The standard InChI is InChI=1S/C45H25N3S2/c1-2-10-31-26(8-1)16-17-28-24-29(19-21-32(28)31)43-46-44(30-20-22-35-33-11-3-5-14-38(33)49-40(35)25-30)48-45(47-43)37-13-7-9-27-18-23-36-34-12-4-6-15-39(34)50-42(36)41(27)37/h1-25H. The quantitative estimate of drug-likeness (QED) is 0.176. The normalized spacial score (nSPS) is 12.0. The van der Waals surface area contributed by atoms with Crippen molar-refractivity contribution in [1.82, 2.24) is 15.0 Å². The smallest absolute Gasteiger partial charge is 0.164 e. The molecular weight excluding hydrogens is 647 g/mol. The molecule has 0 atom stereocenters. The van der Waals surface area contributed by atoms with E-state index in [-0.39, 0.29) is 0 Å². The number of hydrogen-bond acceptors (Lipinski definition) is 5. The van der Waals surface area contributed by atoms with Crippen LogP contribution in [0.5, 0.6) is 0 Å². The molecule has 8 aromatic carbocycles. The molecule has 0 N–H and O–H groups in total. The van der Waals surface area contributed by atoms with Crippen LogP contribution in [0.1, 0.15) is 0 Å². The van der Waals surface area contributed by atoms with Crippen LogP contribution < -0.4 is 0 Å². The highest BCUT2D eigenvalue weighted by Gasteiger charge is 2.18. The number of fused-ring (bicyclic) bond motifs is 11. The van der Waals surface area contributed by atoms with Gasteiger partial charge >= 0.3 is 0 Å². The lowest BCUT2D eigenvalue weighted by Crippen LogP contribution is -2.00. The predicted molar refractivity (Wildman–Crippen MR) is 214 cm³/mol. The van der Waals surface area contributed by atoms with Crippen molar-refractivity contribution >= 4 is 95.3 Å². The molecule has 232 valence electrons. The second-order valence-corrected chi connectivity index (χ2v) is 14.9. The van der Waals surface area contributed by atoms with E-state index < -0.39 is 0 Å². The summed E-state index contributed by atoms with van der Waals surface area (Å²) in [5.74, 6) is 2.01. The molecule has 0 unspecified atom stereocenters. The highest BCUT2D eigenvalue weighted by molar-refractivity contribution is 7.27. The Morgan fingerprint density at radius 1 is 0.340 bits per heavy atom. The molecule has 0 saturated carbocycles. The maximum absolute atomic E-state index is 5.26. The fourth-order valence-electron chi connectivity index (χ4n) is 7.51. The summed E-state index contributed by atoms with van der Waals surface area (Å²) >= 11 is 3.65. The van der Waals surface area contributed by atoms with Crippen LogP contribution in [0.15, 0.2) is 152 Å². The third kappa shape index (κ3) is 4.24.